The monoisotopic (exact) mass is 252 g/mol. The molecule has 1 N–H and O–H groups in total. The van der Waals surface area contributed by atoms with Crippen molar-refractivity contribution in [1.29, 1.82) is 0 Å². The van der Waals surface area contributed by atoms with Gasteiger partial charge in [0.1, 0.15) is 11.9 Å². The van der Waals surface area contributed by atoms with Gasteiger partial charge in [-0.1, -0.05) is 20.8 Å². The number of aliphatic hydroxyl groups is 1. The highest BCUT2D eigenvalue weighted by atomic mass is 32.2. The Kier molecular flexibility index (Phi) is 3.69. The molecule has 1 rings (SSSR count). The van der Waals surface area contributed by atoms with Crippen LogP contribution in [0.1, 0.15) is 20.8 Å². The minimum Gasteiger partial charge on any atom is -0.394 e. The van der Waals surface area contributed by atoms with Crippen LogP contribution in [-0.4, -0.2) is 50.6 Å². The fourth-order valence-electron chi connectivity index (χ4n) is 1.69. The molecule has 1 aliphatic rings. The molecule has 1 heterocycles. The second kappa shape index (κ2) is 4.25. The largest absolute Gasteiger partial charge is 0.394 e. The van der Waals surface area contributed by atoms with Gasteiger partial charge in [0.25, 0.3) is 0 Å². The molecule has 0 spiro atoms. The molecule has 5 nitrogen and oxygen atoms in total. The third-order valence-corrected chi connectivity index (χ3v) is 3.56. The number of hydrogen-bond acceptors (Lipinski definition) is 5. The Bertz CT molecular complexity index is 343. The number of ether oxygens (including phenoxy) is 2. The average molecular weight is 252 g/mol. The zero-order valence-electron chi connectivity index (χ0n) is 10.2. The van der Waals surface area contributed by atoms with Crippen molar-refractivity contribution in [3.8, 4) is 0 Å². The number of aliphatic hydroxyl groups excluding tert-OH is 1. The van der Waals surface area contributed by atoms with Crippen molar-refractivity contribution in [2.45, 2.75) is 32.7 Å². The summed E-state index contributed by atoms with van der Waals surface area (Å²) in [6.07, 6.45) is 0.709. The highest BCUT2D eigenvalue weighted by Gasteiger charge is 2.52. The van der Waals surface area contributed by atoms with Gasteiger partial charge in [-0.05, 0) is 0 Å². The summed E-state index contributed by atoms with van der Waals surface area (Å²) in [5.74, 6) is -1.35. The average Bonchev–Trinajstić information content (AvgIpc) is 2.45. The third-order valence-electron chi connectivity index (χ3n) is 2.66. The molecule has 1 saturated heterocycles. The summed E-state index contributed by atoms with van der Waals surface area (Å²) in [4.78, 5) is 0. The smallest absolute Gasteiger partial charge is 0.187 e. The van der Waals surface area contributed by atoms with Gasteiger partial charge >= 0.3 is 0 Å². The van der Waals surface area contributed by atoms with Gasteiger partial charge in [-0.3, -0.25) is 0 Å². The standard InChI is InChI=1S/C10H20O5S/c1-9(2,3)10(7-16(4,12)13)14-6-8(5-11)15-10/h8,11H,5-7H2,1-4H3/t8-,10+/m0/s1. The number of hydrogen-bond donors (Lipinski definition) is 1. The zero-order chi connectivity index (χ0) is 12.6. The van der Waals surface area contributed by atoms with Crippen LogP contribution in [0.2, 0.25) is 0 Å². The highest BCUT2D eigenvalue weighted by Crippen LogP contribution is 2.40. The van der Waals surface area contributed by atoms with Crippen LogP contribution in [0.15, 0.2) is 0 Å². The lowest BCUT2D eigenvalue weighted by Gasteiger charge is -2.39. The van der Waals surface area contributed by atoms with Crippen LogP contribution < -0.4 is 0 Å². The quantitative estimate of drug-likeness (QED) is 0.775. The molecule has 0 unspecified atom stereocenters. The van der Waals surface area contributed by atoms with Gasteiger partial charge in [0.2, 0.25) is 0 Å². The summed E-state index contributed by atoms with van der Waals surface area (Å²) in [5, 5.41) is 9.01. The molecule has 2 atom stereocenters. The maximum absolute atomic E-state index is 11.4. The van der Waals surface area contributed by atoms with Crippen molar-refractivity contribution in [3.63, 3.8) is 0 Å². The molecule has 0 saturated carbocycles. The van der Waals surface area contributed by atoms with Crippen molar-refractivity contribution in [2.24, 2.45) is 5.41 Å². The van der Waals surface area contributed by atoms with Crippen LogP contribution in [0, 0.1) is 5.41 Å². The predicted octanol–water partition coefficient (Wildman–Crippen LogP) is 0.181. The second-order valence-corrected chi connectivity index (χ2v) is 7.45. The first-order chi connectivity index (χ1) is 7.10. The van der Waals surface area contributed by atoms with Crippen molar-refractivity contribution in [2.75, 3.05) is 25.2 Å². The first-order valence-electron chi connectivity index (χ1n) is 5.20. The van der Waals surface area contributed by atoms with E-state index in [0.717, 1.165) is 6.26 Å². The molecule has 96 valence electrons. The SMILES string of the molecule is CC(C)(C)[C@]1(CS(C)(=O)=O)OC[C@H](CO)O1. The molecule has 1 aliphatic heterocycles. The van der Waals surface area contributed by atoms with Crippen LogP contribution in [-0.2, 0) is 19.3 Å². The van der Waals surface area contributed by atoms with E-state index in [2.05, 4.69) is 0 Å². The van der Waals surface area contributed by atoms with Crippen molar-refractivity contribution >= 4 is 9.84 Å². The van der Waals surface area contributed by atoms with Gasteiger partial charge in [-0.25, -0.2) is 8.42 Å². The molecule has 0 amide bonds. The number of sulfone groups is 1. The Morgan fingerprint density at radius 2 is 2.00 bits per heavy atom. The van der Waals surface area contributed by atoms with Crippen LogP contribution in [0.25, 0.3) is 0 Å². The van der Waals surface area contributed by atoms with Gasteiger partial charge in [0.15, 0.2) is 15.6 Å². The van der Waals surface area contributed by atoms with Crippen LogP contribution >= 0.6 is 0 Å². The predicted molar refractivity (Wildman–Crippen MR) is 59.8 cm³/mol. The molecular formula is C10H20O5S. The maximum atomic E-state index is 11.4. The van der Waals surface area contributed by atoms with E-state index in [1.54, 1.807) is 0 Å². The molecule has 0 aromatic heterocycles. The topological polar surface area (TPSA) is 72.8 Å². The lowest BCUT2D eigenvalue weighted by molar-refractivity contribution is -0.216. The lowest BCUT2D eigenvalue weighted by atomic mass is 9.86. The van der Waals surface area contributed by atoms with E-state index in [0.29, 0.717) is 0 Å². The molecule has 1 fully saturated rings. The molecule has 0 bridgehead atoms. The normalized spacial score (nSPS) is 31.9. The molecular weight excluding hydrogens is 232 g/mol. The number of rotatable bonds is 3. The van der Waals surface area contributed by atoms with Crippen LogP contribution in [0.3, 0.4) is 0 Å². The molecule has 0 aromatic rings. The Hall–Kier alpha value is -0.170. The molecule has 0 aliphatic carbocycles. The third kappa shape index (κ3) is 2.94. The van der Waals surface area contributed by atoms with Crippen LogP contribution in [0.5, 0.6) is 0 Å². The van der Waals surface area contributed by atoms with E-state index in [-0.39, 0.29) is 19.0 Å². The molecule has 0 aromatic carbocycles. The summed E-state index contributed by atoms with van der Waals surface area (Å²) < 4.78 is 33.9. The first-order valence-corrected chi connectivity index (χ1v) is 7.26. The fraction of sp³-hybridized carbons (Fsp3) is 1.00. The van der Waals surface area contributed by atoms with Crippen molar-refractivity contribution < 1.29 is 23.0 Å². The summed E-state index contributed by atoms with van der Waals surface area (Å²) in [5.41, 5.74) is -0.472. The van der Waals surface area contributed by atoms with Gasteiger partial charge < -0.3 is 14.6 Å². The summed E-state index contributed by atoms with van der Waals surface area (Å²) in [6, 6.07) is 0. The lowest BCUT2D eigenvalue weighted by Crippen LogP contribution is -2.50. The van der Waals surface area contributed by atoms with Crippen molar-refractivity contribution in [1.82, 2.24) is 0 Å². The Morgan fingerprint density at radius 1 is 1.44 bits per heavy atom. The maximum Gasteiger partial charge on any atom is 0.187 e. The summed E-state index contributed by atoms with van der Waals surface area (Å²) in [7, 11) is -3.21. The van der Waals surface area contributed by atoms with E-state index in [4.69, 9.17) is 14.6 Å². The van der Waals surface area contributed by atoms with Gasteiger partial charge in [0.05, 0.1) is 13.2 Å². The fourth-order valence-corrected chi connectivity index (χ4v) is 2.96. The summed E-state index contributed by atoms with van der Waals surface area (Å²) in [6.45, 7) is 5.64. The summed E-state index contributed by atoms with van der Waals surface area (Å²) >= 11 is 0. The van der Waals surface area contributed by atoms with E-state index in [1.165, 1.54) is 0 Å². The van der Waals surface area contributed by atoms with Gasteiger partial charge in [-0.15, -0.1) is 0 Å². The Labute approximate surface area is 96.7 Å². The van der Waals surface area contributed by atoms with Crippen LogP contribution in [0.4, 0.5) is 0 Å². The zero-order valence-corrected chi connectivity index (χ0v) is 11.0. The minimum absolute atomic E-state index is 0.165. The Balaban J connectivity index is 2.97. The minimum atomic E-state index is -3.21. The van der Waals surface area contributed by atoms with E-state index in [9.17, 15) is 8.42 Å². The molecule has 0 radical (unpaired) electrons. The van der Waals surface area contributed by atoms with Crippen molar-refractivity contribution in [3.05, 3.63) is 0 Å². The Morgan fingerprint density at radius 3 is 2.31 bits per heavy atom. The highest BCUT2D eigenvalue weighted by molar-refractivity contribution is 7.90. The molecule has 16 heavy (non-hydrogen) atoms. The van der Waals surface area contributed by atoms with E-state index >= 15 is 0 Å². The first kappa shape index (κ1) is 13.9. The molecule has 6 heteroatoms. The van der Waals surface area contributed by atoms with E-state index in [1.807, 2.05) is 20.8 Å². The second-order valence-electron chi connectivity index (χ2n) is 5.31. The van der Waals surface area contributed by atoms with Gasteiger partial charge in [-0.2, -0.15) is 0 Å². The van der Waals surface area contributed by atoms with Gasteiger partial charge in [0, 0.05) is 11.7 Å². The van der Waals surface area contributed by atoms with E-state index < -0.39 is 27.1 Å².